The number of hydrogen-bond donors (Lipinski definition) is 1. The molecule has 2 aromatic carbocycles. The molecule has 0 saturated heterocycles. The van der Waals surface area contributed by atoms with Gasteiger partial charge in [0.15, 0.2) is 0 Å². The maximum absolute atomic E-state index is 8.69. The van der Waals surface area contributed by atoms with Crippen molar-refractivity contribution in [3.05, 3.63) is 60.2 Å². The third-order valence-electron chi connectivity index (χ3n) is 3.02. The second kappa shape index (κ2) is 7.46. The van der Waals surface area contributed by atoms with Gasteiger partial charge in [-0.2, -0.15) is 0 Å². The summed E-state index contributed by atoms with van der Waals surface area (Å²) >= 11 is 0. The average molecular weight is 269 g/mol. The number of aliphatic hydroxyl groups is 1. The van der Waals surface area contributed by atoms with E-state index in [-0.39, 0.29) is 13.2 Å². The van der Waals surface area contributed by atoms with Gasteiger partial charge >= 0.3 is 0 Å². The molecule has 0 aliphatic carbocycles. The van der Waals surface area contributed by atoms with E-state index >= 15 is 0 Å². The molecule has 0 unspecified atom stereocenters. The highest BCUT2D eigenvalue weighted by atomic mass is 16.6. The minimum absolute atomic E-state index is 0.0204. The first-order valence-corrected chi connectivity index (χ1v) is 6.80. The maximum Gasteiger partial charge on any atom is 0.140 e. The Balaban J connectivity index is 2.16. The number of oxime groups is 1. The van der Waals surface area contributed by atoms with Gasteiger partial charge in [0.2, 0.25) is 0 Å². The molecule has 0 saturated carbocycles. The Morgan fingerprint density at radius 1 is 1.00 bits per heavy atom. The van der Waals surface area contributed by atoms with Crippen molar-refractivity contribution in [1.29, 1.82) is 0 Å². The van der Waals surface area contributed by atoms with Crippen molar-refractivity contribution in [3.8, 4) is 11.1 Å². The smallest absolute Gasteiger partial charge is 0.140 e. The van der Waals surface area contributed by atoms with Crippen molar-refractivity contribution in [1.82, 2.24) is 0 Å². The standard InChI is InChI=1S/C17H19NO2/c1-2-17(18-20-13-12-19)16-10-8-15(9-11-16)14-6-4-3-5-7-14/h3-11,19H,2,12-13H2,1H3. The molecule has 1 N–H and O–H groups in total. The number of aliphatic hydroxyl groups excluding tert-OH is 1. The van der Waals surface area contributed by atoms with E-state index in [1.807, 2.05) is 37.3 Å². The van der Waals surface area contributed by atoms with Gasteiger partial charge in [0, 0.05) is 0 Å². The Morgan fingerprint density at radius 2 is 1.65 bits per heavy atom. The first-order valence-electron chi connectivity index (χ1n) is 6.80. The Kier molecular flexibility index (Phi) is 5.33. The van der Waals surface area contributed by atoms with E-state index in [0.717, 1.165) is 17.7 Å². The first-order chi connectivity index (χ1) is 9.85. The van der Waals surface area contributed by atoms with Crippen LogP contribution in [0.4, 0.5) is 0 Å². The van der Waals surface area contributed by atoms with Crippen LogP contribution in [0.2, 0.25) is 0 Å². The van der Waals surface area contributed by atoms with Gasteiger partial charge in [-0.15, -0.1) is 0 Å². The van der Waals surface area contributed by atoms with Crippen molar-refractivity contribution in [2.24, 2.45) is 5.16 Å². The Labute approximate surface area is 119 Å². The van der Waals surface area contributed by atoms with Gasteiger partial charge in [-0.3, -0.25) is 0 Å². The van der Waals surface area contributed by atoms with Crippen LogP contribution in [0.1, 0.15) is 18.9 Å². The lowest BCUT2D eigenvalue weighted by Gasteiger charge is -2.06. The molecule has 0 aliphatic rings. The summed E-state index contributed by atoms with van der Waals surface area (Å²) in [5.74, 6) is 0. The van der Waals surface area contributed by atoms with Crippen molar-refractivity contribution in [3.63, 3.8) is 0 Å². The Hall–Kier alpha value is -2.13. The molecule has 0 fully saturated rings. The molecule has 2 rings (SSSR count). The quantitative estimate of drug-likeness (QED) is 0.495. The van der Waals surface area contributed by atoms with E-state index in [1.165, 1.54) is 11.1 Å². The summed E-state index contributed by atoms with van der Waals surface area (Å²) in [4.78, 5) is 5.04. The fourth-order valence-electron chi connectivity index (χ4n) is 1.97. The second-order valence-corrected chi connectivity index (χ2v) is 4.39. The molecule has 20 heavy (non-hydrogen) atoms. The lowest BCUT2D eigenvalue weighted by molar-refractivity contribution is 0.0984. The molecule has 2 aromatic rings. The third kappa shape index (κ3) is 3.68. The predicted octanol–water partition coefficient (Wildman–Crippen LogP) is 3.48. The van der Waals surface area contributed by atoms with Crippen molar-refractivity contribution < 1.29 is 9.94 Å². The SMILES string of the molecule is CCC(=NOCCO)c1ccc(-c2ccccc2)cc1. The van der Waals surface area contributed by atoms with Gasteiger partial charge < -0.3 is 9.94 Å². The van der Waals surface area contributed by atoms with Crippen LogP contribution >= 0.6 is 0 Å². The van der Waals surface area contributed by atoms with E-state index in [9.17, 15) is 0 Å². The summed E-state index contributed by atoms with van der Waals surface area (Å²) in [5, 5.41) is 12.8. The van der Waals surface area contributed by atoms with Gasteiger partial charge in [0.05, 0.1) is 12.3 Å². The molecular weight excluding hydrogens is 250 g/mol. The fraction of sp³-hybridized carbons (Fsp3) is 0.235. The van der Waals surface area contributed by atoms with E-state index in [0.29, 0.717) is 0 Å². The van der Waals surface area contributed by atoms with Crippen LogP contribution in [0.25, 0.3) is 11.1 Å². The summed E-state index contributed by atoms with van der Waals surface area (Å²) in [6.07, 6.45) is 0.788. The lowest BCUT2D eigenvalue weighted by atomic mass is 10.0. The molecule has 3 heteroatoms. The zero-order chi connectivity index (χ0) is 14.2. The van der Waals surface area contributed by atoms with Crippen LogP contribution in [0.15, 0.2) is 59.8 Å². The molecular formula is C17H19NO2. The molecule has 3 nitrogen and oxygen atoms in total. The molecule has 0 bridgehead atoms. The van der Waals surface area contributed by atoms with Gasteiger partial charge in [-0.25, -0.2) is 0 Å². The molecule has 0 heterocycles. The largest absolute Gasteiger partial charge is 0.393 e. The molecule has 0 radical (unpaired) electrons. The number of hydrogen-bond acceptors (Lipinski definition) is 3. The highest BCUT2D eigenvalue weighted by Crippen LogP contribution is 2.19. The van der Waals surface area contributed by atoms with Crippen LogP contribution in [0.5, 0.6) is 0 Å². The number of benzene rings is 2. The summed E-state index contributed by atoms with van der Waals surface area (Å²) < 4.78 is 0. The molecule has 0 aromatic heterocycles. The first kappa shape index (κ1) is 14.3. The van der Waals surface area contributed by atoms with E-state index in [2.05, 4.69) is 29.4 Å². The van der Waals surface area contributed by atoms with Crippen LogP contribution in [0, 0.1) is 0 Å². The average Bonchev–Trinajstić information content (AvgIpc) is 2.53. The van der Waals surface area contributed by atoms with Crippen LogP contribution < -0.4 is 0 Å². The Bertz CT molecular complexity index is 547. The van der Waals surface area contributed by atoms with E-state index in [4.69, 9.17) is 9.94 Å². The minimum atomic E-state index is -0.0204. The van der Waals surface area contributed by atoms with Crippen LogP contribution in [-0.4, -0.2) is 24.0 Å². The van der Waals surface area contributed by atoms with Gasteiger partial charge in [-0.05, 0) is 23.1 Å². The fourth-order valence-corrected chi connectivity index (χ4v) is 1.97. The maximum atomic E-state index is 8.69. The van der Waals surface area contributed by atoms with Crippen molar-refractivity contribution >= 4 is 5.71 Å². The summed E-state index contributed by atoms with van der Waals surface area (Å²) in [7, 11) is 0. The third-order valence-corrected chi connectivity index (χ3v) is 3.02. The van der Waals surface area contributed by atoms with Gasteiger partial charge in [-0.1, -0.05) is 66.7 Å². The van der Waals surface area contributed by atoms with Crippen LogP contribution in [0.3, 0.4) is 0 Å². The zero-order valence-corrected chi connectivity index (χ0v) is 11.6. The van der Waals surface area contributed by atoms with Gasteiger partial charge in [0.25, 0.3) is 0 Å². The monoisotopic (exact) mass is 269 g/mol. The highest BCUT2D eigenvalue weighted by Gasteiger charge is 2.03. The van der Waals surface area contributed by atoms with E-state index < -0.39 is 0 Å². The lowest BCUT2D eigenvalue weighted by Crippen LogP contribution is -2.02. The number of nitrogens with zero attached hydrogens (tertiary/aromatic N) is 1. The normalized spacial score (nSPS) is 11.4. The predicted molar refractivity (Wildman–Crippen MR) is 81.7 cm³/mol. The second-order valence-electron chi connectivity index (χ2n) is 4.39. The zero-order valence-electron chi connectivity index (χ0n) is 11.6. The molecule has 0 amide bonds. The molecule has 0 spiro atoms. The number of rotatable bonds is 6. The summed E-state index contributed by atoms with van der Waals surface area (Å²) in [6, 6.07) is 18.5. The van der Waals surface area contributed by atoms with Crippen molar-refractivity contribution in [2.45, 2.75) is 13.3 Å². The Morgan fingerprint density at radius 3 is 2.25 bits per heavy atom. The van der Waals surface area contributed by atoms with E-state index in [1.54, 1.807) is 0 Å². The molecule has 104 valence electrons. The summed E-state index contributed by atoms with van der Waals surface area (Å²) in [5.41, 5.74) is 4.31. The molecule has 0 aliphatic heterocycles. The molecule has 0 atom stereocenters. The van der Waals surface area contributed by atoms with Crippen LogP contribution in [-0.2, 0) is 4.84 Å². The summed E-state index contributed by atoms with van der Waals surface area (Å²) in [6.45, 7) is 2.24. The topological polar surface area (TPSA) is 41.8 Å². The van der Waals surface area contributed by atoms with Gasteiger partial charge in [0.1, 0.15) is 6.61 Å². The highest BCUT2D eigenvalue weighted by molar-refractivity contribution is 6.00. The van der Waals surface area contributed by atoms with Crippen molar-refractivity contribution in [2.75, 3.05) is 13.2 Å². The minimum Gasteiger partial charge on any atom is -0.393 e.